The van der Waals surface area contributed by atoms with Crippen LogP contribution in [0.2, 0.25) is 0 Å². The average Bonchev–Trinajstić information content (AvgIpc) is 2.74. The summed E-state index contributed by atoms with van der Waals surface area (Å²) in [6, 6.07) is 0. The number of ether oxygens (including phenoxy) is 1. The fraction of sp³-hybridized carbons (Fsp3) is 0.571. The van der Waals surface area contributed by atoms with E-state index in [0.717, 1.165) is 0 Å². The summed E-state index contributed by atoms with van der Waals surface area (Å²) in [6.07, 6.45) is 0.435. The predicted octanol–water partition coefficient (Wildman–Crippen LogP) is 1.64. The first-order chi connectivity index (χ1) is 9.85. The first-order valence-electron chi connectivity index (χ1n) is 7.00. The lowest BCUT2D eigenvalue weighted by Crippen LogP contribution is -2.45. The maximum Gasteiger partial charge on any atom is 0.253 e. The van der Waals surface area contributed by atoms with E-state index in [2.05, 4.69) is 0 Å². The number of anilines is 2. The van der Waals surface area contributed by atoms with Gasteiger partial charge in [-0.05, 0) is 13.8 Å². The first kappa shape index (κ1) is 15.8. The molecule has 2 rings (SSSR count). The van der Waals surface area contributed by atoms with Crippen molar-refractivity contribution >= 4 is 33.7 Å². The lowest BCUT2D eigenvalue weighted by atomic mass is 10.1. The third-order valence-corrected chi connectivity index (χ3v) is 4.76. The van der Waals surface area contributed by atoms with Crippen LogP contribution in [0.5, 0.6) is 0 Å². The van der Waals surface area contributed by atoms with Crippen LogP contribution >= 0.6 is 11.3 Å². The molecule has 4 N–H and O–H groups in total. The van der Waals surface area contributed by atoms with Gasteiger partial charge in [-0.2, -0.15) is 0 Å². The van der Waals surface area contributed by atoms with Crippen molar-refractivity contribution in [2.45, 2.75) is 39.4 Å². The van der Waals surface area contributed by atoms with E-state index in [1.54, 1.807) is 6.92 Å². The molecule has 1 aromatic rings. The van der Waals surface area contributed by atoms with Gasteiger partial charge in [-0.1, -0.05) is 6.92 Å². The molecule has 0 bridgehead atoms. The van der Waals surface area contributed by atoms with Crippen LogP contribution < -0.4 is 16.4 Å². The number of rotatable bonds is 4. The number of hydrogen-bond acceptors (Lipinski definition) is 6. The lowest BCUT2D eigenvalue weighted by molar-refractivity contribution is -0.00505. The van der Waals surface area contributed by atoms with Crippen molar-refractivity contribution in [3.63, 3.8) is 0 Å². The van der Waals surface area contributed by atoms with Gasteiger partial charge in [0.2, 0.25) is 0 Å². The van der Waals surface area contributed by atoms with Gasteiger partial charge < -0.3 is 21.1 Å². The summed E-state index contributed by atoms with van der Waals surface area (Å²) in [5, 5.41) is 0.679. The van der Waals surface area contributed by atoms with Crippen LogP contribution in [0.1, 0.15) is 47.2 Å². The summed E-state index contributed by atoms with van der Waals surface area (Å²) >= 11 is 1.25. The van der Waals surface area contributed by atoms with Gasteiger partial charge in [-0.25, -0.2) is 0 Å². The highest BCUT2D eigenvalue weighted by Crippen LogP contribution is 2.39. The van der Waals surface area contributed by atoms with Crippen LogP contribution in [0.25, 0.3) is 0 Å². The van der Waals surface area contributed by atoms with Crippen molar-refractivity contribution in [1.29, 1.82) is 0 Å². The van der Waals surface area contributed by atoms with Crippen molar-refractivity contribution < 1.29 is 14.3 Å². The van der Waals surface area contributed by atoms with Gasteiger partial charge in [-0.3, -0.25) is 9.59 Å². The molecule has 0 aliphatic carbocycles. The largest absolute Gasteiger partial charge is 0.397 e. The number of carbonyl (C=O) groups excluding carboxylic acids is 2. The van der Waals surface area contributed by atoms with E-state index in [-0.39, 0.29) is 29.2 Å². The van der Waals surface area contributed by atoms with Crippen LogP contribution in [0, 0.1) is 0 Å². The highest BCUT2D eigenvalue weighted by molar-refractivity contribution is 7.19. The molecule has 2 heterocycles. The first-order valence-corrected chi connectivity index (χ1v) is 7.82. The number of amides is 1. The number of ketones is 1. The number of nitrogens with two attached hydrogens (primary N) is 2. The van der Waals surface area contributed by atoms with E-state index in [0.29, 0.717) is 29.4 Å². The van der Waals surface area contributed by atoms with E-state index in [9.17, 15) is 9.59 Å². The molecule has 0 unspecified atom stereocenters. The molecule has 0 aromatic carbocycles. The number of morpholine rings is 1. The molecule has 1 amide bonds. The molecular formula is C14H21N3O3S. The molecule has 1 aliphatic heterocycles. The smallest absolute Gasteiger partial charge is 0.253 e. The fourth-order valence-corrected chi connectivity index (χ4v) is 3.86. The summed E-state index contributed by atoms with van der Waals surface area (Å²) < 4.78 is 5.69. The number of nitrogens with zero attached hydrogens (tertiary/aromatic N) is 1. The molecule has 2 atom stereocenters. The summed E-state index contributed by atoms with van der Waals surface area (Å²) in [4.78, 5) is 26.2. The second-order valence-electron chi connectivity index (χ2n) is 5.33. The van der Waals surface area contributed by atoms with E-state index in [1.165, 1.54) is 11.3 Å². The zero-order chi connectivity index (χ0) is 15.7. The zero-order valence-electron chi connectivity index (χ0n) is 12.5. The molecule has 1 aromatic heterocycles. The minimum Gasteiger partial charge on any atom is -0.397 e. The van der Waals surface area contributed by atoms with Crippen LogP contribution in [0.4, 0.5) is 10.7 Å². The third-order valence-electron chi connectivity index (χ3n) is 3.45. The molecule has 6 nitrogen and oxygen atoms in total. The molecule has 1 fully saturated rings. The van der Waals surface area contributed by atoms with Crippen LogP contribution in [0.3, 0.4) is 0 Å². The molecular weight excluding hydrogens is 290 g/mol. The number of thiophene rings is 1. The zero-order valence-corrected chi connectivity index (χ0v) is 13.3. The van der Waals surface area contributed by atoms with E-state index < -0.39 is 5.91 Å². The van der Waals surface area contributed by atoms with E-state index in [4.69, 9.17) is 16.2 Å². The molecule has 116 valence electrons. The summed E-state index contributed by atoms with van der Waals surface area (Å²) in [5.74, 6) is -0.665. The molecule has 21 heavy (non-hydrogen) atoms. The molecule has 1 aliphatic rings. The van der Waals surface area contributed by atoms with Gasteiger partial charge in [0.15, 0.2) is 5.78 Å². The molecule has 0 spiro atoms. The standard InChI is InChI=1S/C14H21N3O3S/c1-4-9(18)12-11(15)10(13(16)19)14(21-12)17-5-7(2)20-8(3)6-17/h7-8H,4-6,15H2,1-3H3,(H2,16,19)/t7-,8+. The van der Waals surface area contributed by atoms with Crippen LogP contribution in [0.15, 0.2) is 0 Å². The predicted molar refractivity (Wildman–Crippen MR) is 84.1 cm³/mol. The Balaban J connectivity index is 2.47. The summed E-state index contributed by atoms with van der Waals surface area (Å²) in [6.45, 7) is 7.00. The average molecular weight is 311 g/mol. The Morgan fingerprint density at radius 2 is 1.90 bits per heavy atom. The number of hydrogen-bond donors (Lipinski definition) is 2. The Labute approximate surface area is 128 Å². The minimum absolute atomic E-state index is 0.0446. The fourth-order valence-electron chi connectivity index (χ4n) is 2.60. The maximum atomic E-state index is 12.0. The Hall–Kier alpha value is -1.60. The van der Waals surface area contributed by atoms with Crippen molar-refractivity contribution in [2.24, 2.45) is 5.73 Å². The van der Waals surface area contributed by atoms with Gasteiger partial charge in [0, 0.05) is 19.5 Å². The highest BCUT2D eigenvalue weighted by atomic mass is 32.1. The Morgan fingerprint density at radius 3 is 2.38 bits per heavy atom. The number of Topliss-reactive ketones (excluding diaryl/α,β-unsaturated/α-hetero) is 1. The van der Waals surface area contributed by atoms with Gasteiger partial charge in [0.1, 0.15) is 5.00 Å². The quantitative estimate of drug-likeness (QED) is 0.824. The number of carbonyl (C=O) groups is 2. The Bertz CT molecular complexity index is 560. The topological polar surface area (TPSA) is 98.6 Å². The second-order valence-corrected chi connectivity index (χ2v) is 6.33. The Morgan fingerprint density at radius 1 is 1.33 bits per heavy atom. The van der Waals surface area contributed by atoms with Gasteiger partial charge in [0.25, 0.3) is 5.91 Å². The number of primary amides is 1. The van der Waals surface area contributed by atoms with Crippen molar-refractivity contribution in [1.82, 2.24) is 0 Å². The van der Waals surface area contributed by atoms with Crippen molar-refractivity contribution in [3.8, 4) is 0 Å². The normalized spacial score (nSPS) is 22.3. The van der Waals surface area contributed by atoms with E-state index >= 15 is 0 Å². The Kier molecular flexibility index (Phi) is 4.53. The van der Waals surface area contributed by atoms with Crippen LogP contribution in [-0.2, 0) is 4.74 Å². The van der Waals surface area contributed by atoms with Crippen LogP contribution in [-0.4, -0.2) is 37.0 Å². The maximum absolute atomic E-state index is 12.0. The van der Waals surface area contributed by atoms with Gasteiger partial charge in [0.05, 0.1) is 28.3 Å². The summed E-state index contributed by atoms with van der Waals surface area (Å²) in [5.41, 5.74) is 11.9. The molecule has 1 saturated heterocycles. The van der Waals surface area contributed by atoms with Gasteiger partial charge in [-0.15, -0.1) is 11.3 Å². The van der Waals surface area contributed by atoms with E-state index in [1.807, 2.05) is 18.7 Å². The monoisotopic (exact) mass is 311 g/mol. The van der Waals surface area contributed by atoms with Crippen molar-refractivity contribution in [3.05, 3.63) is 10.4 Å². The highest BCUT2D eigenvalue weighted by Gasteiger charge is 2.30. The lowest BCUT2D eigenvalue weighted by Gasteiger charge is -2.36. The van der Waals surface area contributed by atoms with Gasteiger partial charge >= 0.3 is 0 Å². The number of nitrogen functional groups attached to an aromatic ring is 1. The van der Waals surface area contributed by atoms with Crippen molar-refractivity contribution in [2.75, 3.05) is 23.7 Å². The minimum atomic E-state index is -0.597. The SMILES string of the molecule is CCC(=O)c1sc(N2C[C@@H](C)O[C@@H](C)C2)c(C(N)=O)c1N. The second kappa shape index (κ2) is 6.03. The summed E-state index contributed by atoms with van der Waals surface area (Å²) in [7, 11) is 0. The third kappa shape index (κ3) is 3.03. The molecule has 0 radical (unpaired) electrons. The molecule has 0 saturated carbocycles. The molecule has 7 heteroatoms.